The first kappa shape index (κ1) is 13.4. The van der Waals surface area contributed by atoms with Crippen molar-refractivity contribution in [3.63, 3.8) is 0 Å². The van der Waals surface area contributed by atoms with Gasteiger partial charge in [-0.05, 0) is 12.8 Å². The van der Waals surface area contributed by atoms with Gasteiger partial charge < -0.3 is 9.84 Å². The van der Waals surface area contributed by atoms with Crippen LogP contribution in [0.1, 0.15) is 52.4 Å². The number of carbonyl (C=O) groups excluding carboxylic acids is 1. The fourth-order valence-electron chi connectivity index (χ4n) is 1.12. The van der Waals surface area contributed by atoms with Gasteiger partial charge in [-0.15, -0.1) is 0 Å². The Morgan fingerprint density at radius 1 is 1.29 bits per heavy atom. The summed E-state index contributed by atoms with van der Waals surface area (Å²) in [5, 5.41) is 9.41. The highest BCUT2D eigenvalue weighted by atomic mass is 16.5. The fourth-order valence-corrected chi connectivity index (χ4v) is 1.12. The monoisotopic (exact) mass is 202 g/mol. The molecule has 0 saturated carbocycles. The number of ether oxygens (including phenoxy) is 1. The zero-order valence-corrected chi connectivity index (χ0v) is 9.29. The summed E-state index contributed by atoms with van der Waals surface area (Å²) in [4.78, 5) is 11.1. The summed E-state index contributed by atoms with van der Waals surface area (Å²) in [7, 11) is 0. The van der Waals surface area contributed by atoms with Gasteiger partial charge in [0.1, 0.15) is 0 Å². The summed E-state index contributed by atoms with van der Waals surface area (Å²) in [6, 6.07) is 0. The molecule has 0 heterocycles. The number of aliphatic hydroxyl groups excluding tert-OH is 1. The molecule has 0 rings (SSSR count). The third-order valence-corrected chi connectivity index (χ3v) is 2.05. The number of esters is 1. The van der Waals surface area contributed by atoms with Crippen molar-refractivity contribution in [2.75, 3.05) is 6.61 Å². The first-order valence-electron chi connectivity index (χ1n) is 5.54. The Morgan fingerprint density at radius 2 is 1.93 bits per heavy atom. The lowest BCUT2D eigenvalue weighted by molar-refractivity contribution is -0.146. The van der Waals surface area contributed by atoms with E-state index in [9.17, 15) is 9.90 Å². The van der Waals surface area contributed by atoms with Crippen molar-refractivity contribution in [1.82, 2.24) is 0 Å². The van der Waals surface area contributed by atoms with E-state index in [1.807, 2.05) is 6.92 Å². The Kier molecular flexibility index (Phi) is 8.64. The molecule has 0 aliphatic carbocycles. The lowest BCUT2D eigenvalue weighted by Crippen LogP contribution is -2.16. The average molecular weight is 202 g/mol. The van der Waals surface area contributed by atoms with Crippen LogP contribution in [0, 0.1) is 0 Å². The maximum absolute atomic E-state index is 11.1. The Morgan fingerprint density at radius 3 is 2.50 bits per heavy atom. The summed E-state index contributed by atoms with van der Waals surface area (Å²) in [6.07, 6.45) is 4.24. The van der Waals surface area contributed by atoms with Crippen molar-refractivity contribution in [3.8, 4) is 0 Å². The quantitative estimate of drug-likeness (QED) is 0.485. The smallest absolute Gasteiger partial charge is 0.308 e. The van der Waals surface area contributed by atoms with E-state index in [1.165, 1.54) is 0 Å². The number of rotatable bonds is 8. The normalized spacial score (nSPS) is 12.5. The summed E-state index contributed by atoms with van der Waals surface area (Å²) in [6.45, 7) is 4.59. The fraction of sp³-hybridized carbons (Fsp3) is 0.909. The van der Waals surface area contributed by atoms with Gasteiger partial charge in [0.15, 0.2) is 0 Å². The third kappa shape index (κ3) is 8.05. The van der Waals surface area contributed by atoms with Gasteiger partial charge in [0, 0.05) is 0 Å². The van der Waals surface area contributed by atoms with Crippen LogP contribution >= 0.6 is 0 Å². The number of hydrogen-bond donors (Lipinski definition) is 1. The van der Waals surface area contributed by atoms with Crippen LogP contribution in [0.4, 0.5) is 0 Å². The largest absolute Gasteiger partial charge is 0.466 e. The maximum Gasteiger partial charge on any atom is 0.308 e. The second-order valence-electron chi connectivity index (χ2n) is 3.57. The molecule has 0 spiro atoms. The lowest BCUT2D eigenvalue weighted by atomic mass is 10.1. The van der Waals surface area contributed by atoms with Crippen LogP contribution in [0.25, 0.3) is 0 Å². The van der Waals surface area contributed by atoms with Crippen molar-refractivity contribution in [1.29, 1.82) is 0 Å². The molecule has 0 aromatic heterocycles. The van der Waals surface area contributed by atoms with Crippen LogP contribution < -0.4 is 0 Å². The summed E-state index contributed by atoms with van der Waals surface area (Å²) < 4.78 is 4.93. The van der Waals surface area contributed by atoms with Crippen LogP contribution in [-0.2, 0) is 9.53 Å². The molecular weight excluding hydrogens is 180 g/mol. The Labute approximate surface area is 86.5 Å². The molecule has 0 radical (unpaired) electrons. The van der Waals surface area contributed by atoms with Crippen molar-refractivity contribution in [3.05, 3.63) is 0 Å². The van der Waals surface area contributed by atoms with Crippen molar-refractivity contribution in [2.24, 2.45) is 0 Å². The number of hydrogen-bond acceptors (Lipinski definition) is 3. The lowest BCUT2D eigenvalue weighted by Gasteiger charge is -2.09. The average Bonchev–Trinajstić information content (AvgIpc) is 2.15. The van der Waals surface area contributed by atoms with E-state index in [4.69, 9.17) is 4.74 Å². The standard InChI is InChI=1S/C11H22O3/c1-3-5-7-10(12)9-11(13)14-8-6-4-2/h10,12H,3-9H2,1-2H3/t10-/m0/s1. The van der Waals surface area contributed by atoms with Crippen LogP contribution in [0.3, 0.4) is 0 Å². The predicted octanol–water partition coefficient (Wildman–Crippen LogP) is 2.27. The SMILES string of the molecule is CCCCOC(=O)C[C@@H](O)CCCC. The molecule has 0 saturated heterocycles. The number of carbonyl (C=O) groups is 1. The molecule has 3 heteroatoms. The Balaban J connectivity index is 3.40. The maximum atomic E-state index is 11.1. The molecule has 0 amide bonds. The van der Waals surface area contributed by atoms with Gasteiger partial charge in [-0.1, -0.05) is 33.1 Å². The molecule has 84 valence electrons. The molecular formula is C11H22O3. The highest BCUT2D eigenvalue weighted by Crippen LogP contribution is 2.05. The van der Waals surface area contributed by atoms with E-state index in [-0.39, 0.29) is 12.4 Å². The van der Waals surface area contributed by atoms with Crippen LogP contribution in [0.5, 0.6) is 0 Å². The minimum atomic E-state index is -0.524. The van der Waals surface area contributed by atoms with Gasteiger partial charge >= 0.3 is 5.97 Å². The van der Waals surface area contributed by atoms with Crippen LogP contribution in [0.15, 0.2) is 0 Å². The molecule has 14 heavy (non-hydrogen) atoms. The Hall–Kier alpha value is -0.570. The Bertz CT molecular complexity index is 145. The molecule has 0 unspecified atom stereocenters. The first-order valence-corrected chi connectivity index (χ1v) is 5.54. The minimum absolute atomic E-state index is 0.143. The zero-order chi connectivity index (χ0) is 10.8. The molecule has 0 aliphatic heterocycles. The van der Waals surface area contributed by atoms with E-state index >= 15 is 0 Å². The zero-order valence-electron chi connectivity index (χ0n) is 9.29. The molecule has 0 aromatic rings. The van der Waals surface area contributed by atoms with Crippen molar-refractivity contribution >= 4 is 5.97 Å². The van der Waals surface area contributed by atoms with Gasteiger partial charge in [-0.25, -0.2) is 0 Å². The number of unbranched alkanes of at least 4 members (excludes halogenated alkanes) is 2. The van der Waals surface area contributed by atoms with Crippen molar-refractivity contribution in [2.45, 2.75) is 58.5 Å². The molecule has 0 aliphatic rings. The van der Waals surface area contributed by atoms with Gasteiger partial charge in [0.25, 0.3) is 0 Å². The molecule has 0 fully saturated rings. The predicted molar refractivity (Wildman–Crippen MR) is 56.0 cm³/mol. The molecule has 1 atom stereocenters. The van der Waals surface area contributed by atoms with E-state index in [0.29, 0.717) is 13.0 Å². The molecule has 3 nitrogen and oxygen atoms in total. The highest BCUT2D eigenvalue weighted by Gasteiger charge is 2.10. The van der Waals surface area contributed by atoms with Gasteiger partial charge in [-0.3, -0.25) is 4.79 Å². The van der Waals surface area contributed by atoms with E-state index in [2.05, 4.69) is 6.92 Å². The first-order chi connectivity index (χ1) is 6.70. The molecule has 1 N–H and O–H groups in total. The summed E-state index contributed by atoms with van der Waals surface area (Å²) >= 11 is 0. The molecule has 0 bridgehead atoms. The second kappa shape index (κ2) is 9.00. The van der Waals surface area contributed by atoms with Gasteiger partial charge in [-0.2, -0.15) is 0 Å². The van der Waals surface area contributed by atoms with E-state index in [1.54, 1.807) is 0 Å². The third-order valence-electron chi connectivity index (χ3n) is 2.05. The van der Waals surface area contributed by atoms with Crippen molar-refractivity contribution < 1.29 is 14.6 Å². The van der Waals surface area contributed by atoms with Crippen LogP contribution in [0.2, 0.25) is 0 Å². The van der Waals surface area contributed by atoms with E-state index in [0.717, 1.165) is 25.7 Å². The highest BCUT2D eigenvalue weighted by molar-refractivity contribution is 5.69. The summed E-state index contributed by atoms with van der Waals surface area (Å²) in [5.74, 6) is -0.276. The second-order valence-corrected chi connectivity index (χ2v) is 3.57. The number of aliphatic hydroxyl groups is 1. The summed E-state index contributed by atoms with van der Waals surface area (Å²) in [5.41, 5.74) is 0. The van der Waals surface area contributed by atoms with Crippen LogP contribution in [-0.4, -0.2) is 23.8 Å². The molecule has 0 aromatic carbocycles. The topological polar surface area (TPSA) is 46.5 Å². The van der Waals surface area contributed by atoms with Gasteiger partial charge in [0.2, 0.25) is 0 Å². The van der Waals surface area contributed by atoms with E-state index < -0.39 is 6.10 Å². The van der Waals surface area contributed by atoms with Gasteiger partial charge in [0.05, 0.1) is 19.1 Å². The minimum Gasteiger partial charge on any atom is -0.466 e.